The fourth-order valence-corrected chi connectivity index (χ4v) is 10.5. The molecular formula is C71H132O6. The van der Waals surface area contributed by atoms with Crippen LogP contribution >= 0.6 is 0 Å². The predicted octanol–water partition coefficient (Wildman–Crippen LogP) is 23.6. The fraction of sp³-hybridized carbons (Fsp3) is 0.873. The first-order valence-electron chi connectivity index (χ1n) is 34.5. The van der Waals surface area contributed by atoms with E-state index >= 15 is 0 Å². The lowest BCUT2D eigenvalue weighted by Crippen LogP contribution is -2.30. The van der Waals surface area contributed by atoms with E-state index < -0.39 is 6.10 Å². The molecular weight excluding hydrogens is 949 g/mol. The number of carbonyl (C=O) groups excluding carboxylic acids is 3. The minimum atomic E-state index is -0.769. The molecule has 77 heavy (non-hydrogen) atoms. The van der Waals surface area contributed by atoms with Crippen LogP contribution in [-0.2, 0) is 28.6 Å². The molecule has 0 N–H and O–H groups in total. The number of allylic oxidation sites excluding steroid dienone is 6. The van der Waals surface area contributed by atoms with Gasteiger partial charge in [0.25, 0.3) is 0 Å². The number of hydrogen-bond donors (Lipinski definition) is 0. The lowest BCUT2D eigenvalue weighted by atomic mass is 10.0. The van der Waals surface area contributed by atoms with Crippen molar-refractivity contribution < 1.29 is 28.6 Å². The average Bonchev–Trinajstić information content (AvgIpc) is 3.43. The van der Waals surface area contributed by atoms with E-state index in [0.29, 0.717) is 19.3 Å². The minimum Gasteiger partial charge on any atom is -0.462 e. The Balaban J connectivity index is 4.23. The molecule has 0 saturated heterocycles. The molecule has 0 aliphatic carbocycles. The van der Waals surface area contributed by atoms with Crippen LogP contribution in [0.15, 0.2) is 36.5 Å². The Kier molecular flexibility index (Phi) is 64.1. The Morgan fingerprint density at radius 3 is 0.727 bits per heavy atom. The first-order chi connectivity index (χ1) is 38.0. The molecule has 0 heterocycles. The summed E-state index contributed by atoms with van der Waals surface area (Å²) in [4.78, 5) is 38.4. The molecule has 452 valence electrons. The summed E-state index contributed by atoms with van der Waals surface area (Å²) >= 11 is 0. The zero-order chi connectivity index (χ0) is 55.7. The second kappa shape index (κ2) is 66.1. The molecule has 0 aromatic rings. The number of hydrogen-bond acceptors (Lipinski definition) is 6. The van der Waals surface area contributed by atoms with Gasteiger partial charge >= 0.3 is 17.9 Å². The van der Waals surface area contributed by atoms with Crippen LogP contribution in [0.25, 0.3) is 0 Å². The zero-order valence-corrected chi connectivity index (χ0v) is 52.0. The van der Waals surface area contributed by atoms with Crippen LogP contribution in [0.5, 0.6) is 0 Å². The third-order valence-corrected chi connectivity index (χ3v) is 15.6. The average molecular weight is 1080 g/mol. The quantitative estimate of drug-likeness (QED) is 0.0261. The first-order valence-corrected chi connectivity index (χ1v) is 34.5. The van der Waals surface area contributed by atoms with Gasteiger partial charge in [-0.05, 0) is 57.8 Å². The number of unbranched alkanes of at least 4 members (excludes halogenated alkanes) is 47. The van der Waals surface area contributed by atoms with E-state index in [1.165, 1.54) is 270 Å². The number of rotatable bonds is 64. The van der Waals surface area contributed by atoms with E-state index in [0.717, 1.165) is 70.6 Å². The number of esters is 3. The SMILES string of the molecule is CCCCCCC/C=C\C/C=C\C/C=C\CCCCCCCCCCCCCCC(=O)OCC(COC(=O)CCCCCCCCCCCCCCC)OC(=O)CCCCCCCCCCCCCCCCCCCCC. The molecule has 1 atom stereocenters. The van der Waals surface area contributed by atoms with Crippen molar-refractivity contribution in [3.8, 4) is 0 Å². The molecule has 0 aromatic carbocycles. The van der Waals surface area contributed by atoms with Gasteiger partial charge in [0, 0.05) is 19.3 Å². The molecule has 1 unspecified atom stereocenters. The molecule has 0 rings (SSSR count). The summed E-state index contributed by atoms with van der Waals surface area (Å²) in [6.07, 6.45) is 81.6. The molecule has 6 heteroatoms. The van der Waals surface area contributed by atoms with Gasteiger partial charge in [0.2, 0.25) is 0 Å². The summed E-state index contributed by atoms with van der Waals surface area (Å²) in [5.41, 5.74) is 0. The predicted molar refractivity (Wildman–Crippen MR) is 335 cm³/mol. The van der Waals surface area contributed by atoms with Gasteiger partial charge in [-0.15, -0.1) is 0 Å². The zero-order valence-electron chi connectivity index (χ0n) is 52.0. The van der Waals surface area contributed by atoms with E-state index in [-0.39, 0.29) is 31.1 Å². The van der Waals surface area contributed by atoms with Gasteiger partial charge < -0.3 is 14.2 Å². The largest absolute Gasteiger partial charge is 0.462 e. The lowest BCUT2D eigenvalue weighted by Gasteiger charge is -2.18. The van der Waals surface area contributed by atoms with E-state index in [1.54, 1.807) is 0 Å². The van der Waals surface area contributed by atoms with Gasteiger partial charge in [-0.2, -0.15) is 0 Å². The Hall–Kier alpha value is -2.37. The van der Waals surface area contributed by atoms with Crippen LogP contribution in [0.4, 0.5) is 0 Å². The van der Waals surface area contributed by atoms with Crippen LogP contribution < -0.4 is 0 Å². The molecule has 0 aliphatic heterocycles. The maximum Gasteiger partial charge on any atom is 0.306 e. The normalized spacial score (nSPS) is 12.2. The Morgan fingerprint density at radius 2 is 0.468 bits per heavy atom. The molecule has 0 spiro atoms. The van der Waals surface area contributed by atoms with Crippen LogP contribution in [0.2, 0.25) is 0 Å². The molecule has 6 nitrogen and oxygen atoms in total. The van der Waals surface area contributed by atoms with Crippen molar-refractivity contribution in [3.05, 3.63) is 36.5 Å². The van der Waals surface area contributed by atoms with E-state index in [2.05, 4.69) is 57.2 Å². The molecule has 0 radical (unpaired) electrons. The Morgan fingerprint density at radius 1 is 0.260 bits per heavy atom. The summed E-state index contributed by atoms with van der Waals surface area (Å²) in [5, 5.41) is 0. The van der Waals surface area contributed by atoms with Crippen molar-refractivity contribution >= 4 is 17.9 Å². The molecule has 0 bridgehead atoms. The summed E-state index contributed by atoms with van der Waals surface area (Å²) in [6, 6.07) is 0. The maximum absolute atomic E-state index is 12.9. The second-order valence-electron chi connectivity index (χ2n) is 23.5. The standard InChI is InChI=1S/C71H132O6/c1-4-7-10-13-16-19-22-25-27-29-31-32-33-34-35-36-37-38-40-41-43-46-49-52-55-58-61-64-70(73)76-67-68(66-75-69(72)63-60-57-54-51-48-45-24-21-18-15-12-9-6-3)77-71(74)65-62-59-56-53-50-47-44-42-39-30-28-26-23-20-17-14-11-8-5-2/h22,25,29,31,33-34,68H,4-21,23-24,26-28,30,32,35-67H2,1-3H3/b25-22-,31-29-,34-33-. The highest BCUT2D eigenvalue weighted by molar-refractivity contribution is 5.71. The maximum atomic E-state index is 12.9. The van der Waals surface area contributed by atoms with Gasteiger partial charge in [-0.3, -0.25) is 14.4 Å². The van der Waals surface area contributed by atoms with E-state index in [4.69, 9.17) is 14.2 Å². The van der Waals surface area contributed by atoms with Crippen molar-refractivity contribution in [1.82, 2.24) is 0 Å². The number of ether oxygens (including phenoxy) is 3. The summed E-state index contributed by atoms with van der Waals surface area (Å²) < 4.78 is 17.0. The monoisotopic (exact) mass is 1080 g/mol. The van der Waals surface area contributed by atoms with Gasteiger partial charge in [0.1, 0.15) is 13.2 Å². The van der Waals surface area contributed by atoms with Crippen molar-refractivity contribution in [2.24, 2.45) is 0 Å². The highest BCUT2D eigenvalue weighted by Gasteiger charge is 2.19. The van der Waals surface area contributed by atoms with Gasteiger partial charge in [-0.25, -0.2) is 0 Å². The molecule has 0 aliphatic rings. The molecule has 0 aromatic heterocycles. The Bertz CT molecular complexity index is 1290. The van der Waals surface area contributed by atoms with E-state index in [1.807, 2.05) is 0 Å². The van der Waals surface area contributed by atoms with Crippen LogP contribution in [0.1, 0.15) is 380 Å². The van der Waals surface area contributed by atoms with Crippen molar-refractivity contribution in [2.45, 2.75) is 386 Å². The van der Waals surface area contributed by atoms with Crippen molar-refractivity contribution in [2.75, 3.05) is 13.2 Å². The highest BCUT2D eigenvalue weighted by atomic mass is 16.6. The topological polar surface area (TPSA) is 78.9 Å². The molecule has 0 fully saturated rings. The van der Waals surface area contributed by atoms with Crippen molar-refractivity contribution in [3.63, 3.8) is 0 Å². The summed E-state index contributed by atoms with van der Waals surface area (Å²) in [6.45, 7) is 6.70. The van der Waals surface area contributed by atoms with Gasteiger partial charge in [-0.1, -0.05) is 340 Å². The third kappa shape index (κ3) is 64.3. The second-order valence-corrected chi connectivity index (χ2v) is 23.5. The van der Waals surface area contributed by atoms with Crippen LogP contribution in [0.3, 0.4) is 0 Å². The van der Waals surface area contributed by atoms with Gasteiger partial charge in [0.05, 0.1) is 0 Å². The van der Waals surface area contributed by atoms with E-state index in [9.17, 15) is 14.4 Å². The summed E-state index contributed by atoms with van der Waals surface area (Å²) in [5.74, 6) is -0.839. The van der Waals surface area contributed by atoms with Crippen LogP contribution in [-0.4, -0.2) is 37.2 Å². The highest BCUT2D eigenvalue weighted by Crippen LogP contribution is 2.18. The fourth-order valence-electron chi connectivity index (χ4n) is 10.5. The third-order valence-electron chi connectivity index (χ3n) is 15.6. The Labute approximate surface area is 480 Å². The molecule has 0 amide bonds. The first kappa shape index (κ1) is 74.6. The van der Waals surface area contributed by atoms with Crippen LogP contribution in [0, 0.1) is 0 Å². The smallest absolute Gasteiger partial charge is 0.306 e. The summed E-state index contributed by atoms with van der Waals surface area (Å²) in [7, 11) is 0. The lowest BCUT2D eigenvalue weighted by molar-refractivity contribution is -0.167. The van der Waals surface area contributed by atoms with Crippen molar-refractivity contribution in [1.29, 1.82) is 0 Å². The number of carbonyl (C=O) groups is 3. The van der Waals surface area contributed by atoms with Gasteiger partial charge in [0.15, 0.2) is 6.10 Å². The minimum absolute atomic E-state index is 0.0661. The molecule has 0 saturated carbocycles.